The van der Waals surface area contributed by atoms with Crippen LogP contribution < -0.4 is 5.73 Å². The van der Waals surface area contributed by atoms with Gasteiger partial charge in [-0.3, -0.25) is 4.79 Å². The molecular weight excluding hydrogens is 128 g/mol. The second-order valence-corrected chi connectivity index (χ2v) is 2.12. The number of ketones is 1. The zero-order valence-electron chi connectivity index (χ0n) is 5.85. The molecule has 0 aliphatic heterocycles. The molecule has 54 valence electrons. The van der Waals surface area contributed by atoms with Crippen LogP contribution in [0.2, 0.25) is 0 Å². The number of nitrogen functional groups attached to an aromatic ring is 1. The van der Waals surface area contributed by atoms with Crippen LogP contribution in [-0.2, 0) is 0 Å². The number of carbonyl (C=O) groups excluding carboxylic acids is 1. The van der Waals surface area contributed by atoms with Gasteiger partial charge in [0.05, 0.1) is 5.69 Å². The van der Waals surface area contributed by atoms with Gasteiger partial charge in [0, 0.05) is 18.3 Å². The van der Waals surface area contributed by atoms with Crippen LogP contribution in [0.1, 0.15) is 23.8 Å². The van der Waals surface area contributed by atoms with Crippen molar-refractivity contribution in [3.63, 3.8) is 0 Å². The number of anilines is 1. The Hall–Kier alpha value is -1.25. The zero-order chi connectivity index (χ0) is 7.56. The highest BCUT2D eigenvalue weighted by atomic mass is 16.1. The Morgan fingerprint density at radius 1 is 1.80 bits per heavy atom. The minimum atomic E-state index is 0.0942. The van der Waals surface area contributed by atoms with Gasteiger partial charge >= 0.3 is 0 Å². The Labute approximate surface area is 59.2 Å². The first-order valence-corrected chi connectivity index (χ1v) is 3.21. The summed E-state index contributed by atoms with van der Waals surface area (Å²) in [7, 11) is 0. The highest BCUT2D eigenvalue weighted by Crippen LogP contribution is 2.06. The molecule has 0 saturated heterocycles. The van der Waals surface area contributed by atoms with Gasteiger partial charge in [-0.15, -0.1) is 0 Å². The minimum Gasteiger partial charge on any atom is -0.397 e. The molecule has 0 fully saturated rings. The van der Waals surface area contributed by atoms with E-state index in [2.05, 4.69) is 4.98 Å². The second kappa shape index (κ2) is 2.56. The lowest BCUT2D eigenvalue weighted by Gasteiger charge is -1.88. The normalized spacial score (nSPS) is 9.70. The Balaban J connectivity index is 2.85. The van der Waals surface area contributed by atoms with Gasteiger partial charge in [0.15, 0.2) is 5.78 Å². The van der Waals surface area contributed by atoms with Crippen molar-refractivity contribution >= 4 is 11.5 Å². The van der Waals surface area contributed by atoms with Gasteiger partial charge < -0.3 is 10.7 Å². The van der Waals surface area contributed by atoms with E-state index in [1.165, 1.54) is 0 Å². The number of carbonyl (C=O) groups is 1. The summed E-state index contributed by atoms with van der Waals surface area (Å²) in [6, 6.07) is 1.64. The van der Waals surface area contributed by atoms with Crippen LogP contribution in [0.5, 0.6) is 0 Å². The molecule has 0 spiro atoms. The first-order valence-electron chi connectivity index (χ1n) is 3.21. The van der Waals surface area contributed by atoms with Gasteiger partial charge in [-0.1, -0.05) is 6.92 Å². The maximum absolute atomic E-state index is 10.9. The molecular formula is C7H10N2O. The van der Waals surface area contributed by atoms with E-state index in [-0.39, 0.29) is 5.78 Å². The first kappa shape index (κ1) is 6.86. The van der Waals surface area contributed by atoms with Crippen LogP contribution in [0.15, 0.2) is 12.3 Å². The molecule has 3 N–H and O–H groups in total. The van der Waals surface area contributed by atoms with E-state index in [9.17, 15) is 4.79 Å². The van der Waals surface area contributed by atoms with Crippen LogP contribution >= 0.6 is 0 Å². The molecule has 0 bridgehead atoms. The van der Waals surface area contributed by atoms with Gasteiger partial charge in [-0.05, 0) is 6.07 Å². The monoisotopic (exact) mass is 138 g/mol. The summed E-state index contributed by atoms with van der Waals surface area (Å²) in [4.78, 5) is 13.7. The molecule has 3 nitrogen and oxygen atoms in total. The number of aromatic amines is 1. The van der Waals surface area contributed by atoms with Gasteiger partial charge in [0.1, 0.15) is 0 Å². The lowest BCUT2D eigenvalue weighted by molar-refractivity contribution is 0.0984. The summed E-state index contributed by atoms with van der Waals surface area (Å²) in [6.07, 6.45) is 2.13. The number of nitrogens with one attached hydrogen (secondary N) is 1. The van der Waals surface area contributed by atoms with Gasteiger partial charge in [-0.25, -0.2) is 0 Å². The molecule has 0 atom stereocenters. The number of rotatable bonds is 2. The molecule has 0 radical (unpaired) electrons. The molecule has 3 heteroatoms. The molecule has 0 aliphatic carbocycles. The van der Waals surface area contributed by atoms with Crippen molar-refractivity contribution in [1.82, 2.24) is 4.98 Å². The Morgan fingerprint density at radius 3 is 2.90 bits per heavy atom. The average molecular weight is 138 g/mol. The highest BCUT2D eigenvalue weighted by Gasteiger charge is 2.03. The van der Waals surface area contributed by atoms with Crippen molar-refractivity contribution in [3.05, 3.63) is 18.0 Å². The number of aromatic nitrogens is 1. The van der Waals surface area contributed by atoms with E-state index >= 15 is 0 Å². The molecule has 0 aliphatic rings. The summed E-state index contributed by atoms with van der Waals surface area (Å²) < 4.78 is 0. The van der Waals surface area contributed by atoms with E-state index in [4.69, 9.17) is 5.73 Å². The van der Waals surface area contributed by atoms with Crippen molar-refractivity contribution in [1.29, 1.82) is 0 Å². The molecule has 0 amide bonds. The summed E-state index contributed by atoms with van der Waals surface area (Å²) in [6.45, 7) is 1.82. The smallest absolute Gasteiger partial charge is 0.178 e. The van der Waals surface area contributed by atoms with E-state index in [0.29, 0.717) is 17.8 Å². The van der Waals surface area contributed by atoms with E-state index in [0.717, 1.165) is 0 Å². The van der Waals surface area contributed by atoms with Gasteiger partial charge in [0.25, 0.3) is 0 Å². The van der Waals surface area contributed by atoms with E-state index in [1.807, 2.05) is 6.92 Å². The summed E-state index contributed by atoms with van der Waals surface area (Å²) >= 11 is 0. The molecule has 0 saturated carbocycles. The molecule has 1 heterocycles. The minimum absolute atomic E-state index is 0.0942. The topological polar surface area (TPSA) is 58.9 Å². The summed E-state index contributed by atoms with van der Waals surface area (Å²) in [5.41, 5.74) is 6.59. The Bertz CT molecular complexity index is 240. The predicted octanol–water partition coefficient (Wildman–Crippen LogP) is 1.19. The summed E-state index contributed by atoms with van der Waals surface area (Å²) in [5.74, 6) is 0.0942. The highest BCUT2D eigenvalue weighted by molar-refractivity contribution is 5.94. The van der Waals surface area contributed by atoms with Crippen LogP contribution in [0.4, 0.5) is 5.69 Å². The molecule has 0 aromatic carbocycles. The van der Waals surface area contributed by atoms with Crippen molar-refractivity contribution in [2.24, 2.45) is 0 Å². The van der Waals surface area contributed by atoms with Crippen molar-refractivity contribution < 1.29 is 4.79 Å². The Morgan fingerprint density at radius 2 is 2.50 bits per heavy atom. The first-order chi connectivity index (χ1) is 4.74. The quantitative estimate of drug-likeness (QED) is 0.603. The van der Waals surface area contributed by atoms with E-state index in [1.54, 1.807) is 12.3 Å². The second-order valence-electron chi connectivity index (χ2n) is 2.12. The van der Waals surface area contributed by atoms with Crippen LogP contribution in [0.3, 0.4) is 0 Å². The largest absolute Gasteiger partial charge is 0.397 e. The fourth-order valence-electron chi connectivity index (χ4n) is 0.763. The number of H-pyrrole nitrogens is 1. The van der Waals surface area contributed by atoms with Crippen LogP contribution in [0.25, 0.3) is 0 Å². The van der Waals surface area contributed by atoms with Crippen molar-refractivity contribution in [2.75, 3.05) is 5.73 Å². The molecule has 1 aromatic heterocycles. The Kier molecular flexibility index (Phi) is 1.76. The molecule has 0 unspecified atom stereocenters. The van der Waals surface area contributed by atoms with E-state index < -0.39 is 0 Å². The standard InChI is InChI=1S/C7H10N2O/c1-2-7(10)6-3-5(8)4-9-6/h3-4,9H,2,8H2,1H3. The molecule has 1 aromatic rings. The lowest BCUT2D eigenvalue weighted by Crippen LogP contribution is -1.95. The fraction of sp³-hybridized carbons (Fsp3) is 0.286. The fourth-order valence-corrected chi connectivity index (χ4v) is 0.763. The maximum atomic E-state index is 10.9. The van der Waals surface area contributed by atoms with Gasteiger partial charge in [-0.2, -0.15) is 0 Å². The SMILES string of the molecule is CCC(=O)c1cc(N)c[nH]1. The third-order valence-corrected chi connectivity index (χ3v) is 1.33. The molecule has 10 heavy (non-hydrogen) atoms. The average Bonchev–Trinajstić information content (AvgIpc) is 2.34. The summed E-state index contributed by atoms with van der Waals surface area (Å²) in [5, 5.41) is 0. The van der Waals surface area contributed by atoms with Crippen LogP contribution in [-0.4, -0.2) is 10.8 Å². The third-order valence-electron chi connectivity index (χ3n) is 1.33. The van der Waals surface area contributed by atoms with Gasteiger partial charge in [0.2, 0.25) is 0 Å². The van der Waals surface area contributed by atoms with Crippen molar-refractivity contribution in [2.45, 2.75) is 13.3 Å². The number of hydrogen-bond acceptors (Lipinski definition) is 2. The third kappa shape index (κ3) is 1.18. The number of nitrogens with two attached hydrogens (primary N) is 1. The van der Waals surface area contributed by atoms with Crippen molar-refractivity contribution in [3.8, 4) is 0 Å². The zero-order valence-corrected chi connectivity index (χ0v) is 5.85. The number of hydrogen-bond donors (Lipinski definition) is 2. The maximum Gasteiger partial charge on any atom is 0.178 e. The predicted molar refractivity (Wildman–Crippen MR) is 39.8 cm³/mol. The number of Topliss-reactive ketones (excluding diaryl/α,β-unsaturated/α-hetero) is 1. The van der Waals surface area contributed by atoms with Crippen LogP contribution in [0, 0.1) is 0 Å². The lowest BCUT2D eigenvalue weighted by atomic mass is 10.2. The molecule has 1 rings (SSSR count).